The molecule has 0 aliphatic heterocycles. The number of Topliss-reactive ketones (excluding diaryl/α,β-unsaturated/α-hetero) is 2. The van der Waals surface area contributed by atoms with Gasteiger partial charge in [0.25, 0.3) is 0 Å². The van der Waals surface area contributed by atoms with Gasteiger partial charge in [-0.05, 0) is 59.5 Å². The fraction of sp³-hybridized carbons (Fsp3) is 0.867. The predicted molar refractivity (Wildman–Crippen MR) is 157 cm³/mol. The first-order valence-corrected chi connectivity index (χ1v) is 14.8. The van der Waals surface area contributed by atoms with Crippen molar-refractivity contribution in [3.63, 3.8) is 0 Å². The van der Waals surface area contributed by atoms with Crippen molar-refractivity contribution >= 4 is 23.5 Å². The minimum atomic E-state index is -1.38. The van der Waals surface area contributed by atoms with E-state index in [1.165, 1.54) is 0 Å². The number of carbonyl (C=O) groups excluding carboxylic acids is 3. The van der Waals surface area contributed by atoms with Crippen LogP contribution in [0, 0.1) is 10.8 Å². The Balaban J connectivity index is 5.44. The zero-order chi connectivity index (χ0) is 31.9. The van der Waals surface area contributed by atoms with Crippen molar-refractivity contribution in [2.45, 2.75) is 118 Å². The van der Waals surface area contributed by atoms with Gasteiger partial charge in [-0.25, -0.2) is 0 Å². The number of aliphatic carboxylic acids is 2. The van der Waals surface area contributed by atoms with E-state index >= 15 is 0 Å². The van der Waals surface area contributed by atoms with Crippen molar-refractivity contribution in [2.24, 2.45) is 10.8 Å². The normalized spacial score (nSPS) is 16.0. The van der Waals surface area contributed by atoms with Crippen LogP contribution in [0.5, 0.6) is 0 Å². The van der Waals surface area contributed by atoms with Crippen LogP contribution in [0.4, 0.5) is 0 Å². The molecule has 0 fully saturated rings. The largest absolute Gasteiger partial charge is 0.550 e. The van der Waals surface area contributed by atoms with Crippen molar-refractivity contribution in [2.75, 3.05) is 40.0 Å². The van der Waals surface area contributed by atoms with Gasteiger partial charge in [0.05, 0.1) is 12.1 Å². The minimum absolute atomic E-state index is 0.144. The summed E-state index contributed by atoms with van der Waals surface area (Å²) in [6, 6.07) is -2.14. The maximum atomic E-state index is 13.8. The van der Waals surface area contributed by atoms with E-state index in [1.54, 1.807) is 41.7 Å². The van der Waals surface area contributed by atoms with Gasteiger partial charge >= 0.3 is 5.97 Å². The smallest absolute Gasteiger partial charge is 0.321 e. The highest BCUT2D eigenvalue weighted by atomic mass is 16.5. The molecule has 4 N–H and O–H groups in total. The number of rotatable bonds is 25. The van der Waals surface area contributed by atoms with E-state index in [4.69, 9.17) is 9.47 Å². The summed E-state index contributed by atoms with van der Waals surface area (Å²) in [6.07, 6.45) is 2.11. The van der Waals surface area contributed by atoms with E-state index in [1.807, 2.05) is 20.8 Å². The first-order chi connectivity index (χ1) is 19.0. The summed E-state index contributed by atoms with van der Waals surface area (Å²) in [7, 11) is 1.67. The Morgan fingerprint density at radius 2 is 1.59 bits per heavy atom. The molecular formula is C30H56N3O8-. The molecule has 4 atom stereocenters. The molecule has 0 bridgehead atoms. The van der Waals surface area contributed by atoms with E-state index in [2.05, 4.69) is 16.0 Å². The van der Waals surface area contributed by atoms with E-state index in [-0.39, 0.29) is 24.1 Å². The molecule has 0 saturated carbocycles. The monoisotopic (exact) mass is 586 g/mol. The molecule has 0 radical (unpaired) electrons. The number of hydrogen-bond acceptors (Lipinski definition) is 10. The Hall–Kier alpha value is -1.92. The highest BCUT2D eigenvalue weighted by Crippen LogP contribution is 2.35. The van der Waals surface area contributed by atoms with Gasteiger partial charge in [-0.3, -0.25) is 14.4 Å². The lowest BCUT2D eigenvalue weighted by Gasteiger charge is -2.45. The third-order valence-corrected chi connectivity index (χ3v) is 8.41. The fourth-order valence-corrected chi connectivity index (χ4v) is 4.29. The lowest BCUT2D eigenvalue weighted by molar-refractivity contribution is -0.306. The Morgan fingerprint density at radius 3 is 2.10 bits per heavy atom. The fourth-order valence-electron chi connectivity index (χ4n) is 4.29. The van der Waals surface area contributed by atoms with Crippen molar-refractivity contribution < 1.29 is 38.9 Å². The molecular weight excluding hydrogens is 530 g/mol. The molecule has 0 aromatic heterocycles. The van der Waals surface area contributed by atoms with Crippen LogP contribution in [0.2, 0.25) is 0 Å². The molecule has 0 saturated heterocycles. The molecule has 0 aliphatic carbocycles. The molecule has 0 amide bonds. The topological polar surface area (TPSA) is 166 Å². The molecule has 0 aromatic carbocycles. The summed E-state index contributed by atoms with van der Waals surface area (Å²) in [6.45, 7) is 17.0. The van der Waals surface area contributed by atoms with Crippen LogP contribution >= 0.6 is 0 Å². The van der Waals surface area contributed by atoms with Gasteiger partial charge in [-0.15, -0.1) is 0 Å². The number of methoxy groups -OCH3 is 1. The van der Waals surface area contributed by atoms with Crippen LogP contribution in [-0.4, -0.2) is 92.3 Å². The van der Waals surface area contributed by atoms with E-state index in [0.717, 1.165) is 12.8 Å². The zero-order valence-corrected chi connectivity index (χ0v) is 26.8. The molecule has 41 heavy (non-hydrogen) atoms. The number of carbonyl (C=O) groups is 4. The van der Waals surface area contributed by atoms with Gasteiger partial charge < -0.3 is 40.4 Å². The van der Waals surface area contributed by atoms with E-state index in [0.29, 0.717) is 45.7 Å². The van der Waals surface area contributed by atoms with Gasteiger partial charge in [0.15, 0.2) is 5.78 Å². The molecule has 11 nitrogen and oxygen atoms in total. The molecule has 0 aromatic rings. The van der Waals surface area contributed by atoms with Crippen LogP contribution in [0.15, 0.2) is 0 Å². The van der Waals surface area contributed by atoms with E-state index in [9.17, 15) is 29.4 Å². The highest BCUT2D eigenvalue weighted by Gasteiger charge is 2.47. The lowest BCUT2D eigenvalue weighted by Crippen LogP contribution is -2.63. The van der Waals surface area contributed by atoms with Gasteiger partial charge in [-0.1, -0.05) is 34.6 Å². The number of ketones is 2. The predicted octanol–water partition coefficient (Wildman–Crippen LogP) is 1.71. The maximum Gasteiger partial charge on any atom is 0.321 e. The van der Waals surface area contributed by atoms with Crippen molar-refractivity contribution in [1.82, 2.24) is 16.0 Å². The maximum absolute atomic E-state index is 13.8. The zero-order valence-electron chi connectivity index (χ0n) is 26.8. The Morgan fingerprint density at radius 1 is 0.951 bits per heavy atom. The van der Waals surface area contributed by atoms with Crippen LogP contribution in [0.25, 0.3) is 0 Å². The Kier molecular flexibility index (Phi) is 17.7. The molecule has 11 heteroatoms. The molecule has 240 valence electrons. The average molecular weight is 587 g/mol. The average Bonchev–Trinajstić information content (AvgIpc) is 2.90. The molecule has 4 unspecified atom stereocenters. The standard InChI is InChI=1S/C30H57N3O8/c1-10-14-32-23(27(38)39)18-24(34)28(4,5)29(6,7)33-22(19-25(35)36)26(37)30(8,11-2)20-31-15-12-16-41-17-13-21(3)40-9/h21-23,31-33H,10-20H2,1-9H3,(H,35,36)(H,38,39)/p-1. The van der Waals surface area contributed by atoms with Crippen molar-refractivity contribution in [1.29, 1.82) is 0 Å². The third-order valence-electron chi connectivity index (χ3n) is 8.41. The van der Waals surface area contributed by atoms with Gasteiger partial charge in [0, 0.05) is 62.0 Å². The first kappa shape index (κ1) is 39.1. The van der Waals surface area contributed by atoms with E-state index < -0.39 is 46.8 Å². The van der Waals surface area contributed by atoms with Gasteiger partial charge in [0.1, 0.15) is 11.8 Å². The second-order valence-electron chi connectivity index (χ2n) is 12.3. The van der Waals surface area contributed by atoms with Gasteiger partial charge in [-0.2, -0.15) is 0 Å². The Bertz CT molecular complexity index is 833. The summed E-state index contributed by atoms with van der Waals surface area (Å²) >= 11 is 0. The summed E-state index contributed by atoms with van der Waals surface area (Å²) < 4.78 is 10.8. The first-order valence-electron chi connectivity index (χ1n) is 14.8. The quantitative estimate of drug-likeness (QED) is 0.115. The molecule has 0 spiro atoms. The lowest BCUT2D eigenvalue weighted by atomic mass is 9.69. The van der Waals surface area contributed by atoms with Crippen LogP contribution in [0.3, 0.4) is 0 Å². The third kappa shape index (κ3) is 13.3. The summed E-state index contributed by atoms with van der Waals surface area (Å²) in [5.41, 5.74) is -3.04. The van der Waals surface area contributed by atoms with Gasteiger partial charge in [0.2, 0.25) is 0 Å². The second-order valence-corrected chi connectivity index (χ2v) is 12.3. The van der Waals surface area contributed by atoms with Crippen molar-refractivity contribution in [3.05, 3.63) is 0 Å². The SMILES string of the molecule is CCCNC(CC(=O)C(C)(C)C(C)(C)NC(CC(=O)[O-])C(=O)C(C)(CC)CNCCCOCCC(C)OC)C(=O)O. The number of nitrogens with one attached hydrogen (secondary N) is 3. The van der Waals surface area contributed by atoms with Crippen LogP contribution < -0.4 is 21.1 Å². The highest BCUT2D eigenvalue weighted by molar-refractivity contribution is 5.93. The summed E-state index contributed by atoms with van der Waals surface area (Å²) in [5.74, 6) is -3.09. The molecule has 0 heterocycles. The number of carboxylic acid groups (broad SMARTS) is 2. The van der Waals surface area contributed by atoms with Crippen LogP contribution in [0.1, 0.15) is 93.9 Å². The number of hydrogen-bond donors (Lipinski definition) is 4. The van der Waals surface area contributed by atoms with Crippen LogP contribution in [-0.2, 0) is 28.7 Å². The van der Waals surface area contributed by atoms with Crippen molar-refractivity contribution in [3.8, 4) is 0 Å². The Labute approximate surface area is 246 Å². The number of ether oxygens (including phenoxy) is 2. The number of carboxylic acids is 2. The summed E-state index contributed by atoms with van der Waals surface area (Å²) in [4.78, 5) is 50.5. The summed E-state index contributed by atoms with van der Waals surface area (Å²) in [5, 5.41) is 30.6. The molecule has 0 rings (SSSR count). The minimum Gasteiger partial charge on any atom is -0.550 e. The second kappa shape index (κ2) is 18.6. The molecule has 0 aliphatic rings.